The van der Waals surface area contributed by atoms with Gasteiger partial charge in [0.25, 0.3) is 5.03 Å². The Kier molecular flexibility index (Phi) is 5.30. The monoisotopic (exact) mass is 408 g/mol. The Hall–Kier alpha value is -3.59. The molecule has 0 fully saturated rings. The fourth-order valence-corrected chi connectivity index (χ4v) is 3.54. The van der Waals surface area contributed by atoms with Crippen LogP contribution in [0.15, 0.2) is 70.3 Å². The van der Waals surface area contributed by atoms with Crippen LogP contribution in [0.2, 0.25) is 0 Å². The number of carbonyl (C=O) groups excluding carboxylic acids is 1. The van der Waals surface area contributed by atoms with Crippen LogP contribution in [-0.2, 0) is 4.79 Å². The van der Waals surface area contributed by atoms with Crippen LogP contribution >= 0.6 is 11.8 Å². The fraction of sp³-hybridized carbons (Fsp3) is 0.100. The number of methoxy groups -OCH3 is 1. The smallest absolute Gasteiger partial charge is 0.298 e. The SMILES string of the molecule is COc1ccc(-[n+]2noc([O-])c2SCC(=O)Nc2cccc3ncccc23)cc1. The number of fused-ring (bicyclic) bond motifs is 1. The molecule has 2 aromatic carbocycles. The van der Waals surface area contributed by atoms with Crippen molar-refractivity contribution in [2.24, 2.45) is 0 Å². The van der Waals surface area contributed by atoms with Crippen LogP contribution in [0.4, 0.5) is 5.69 Å². The predicted octanol–water partition coefficient (Wildman–Crippen LogP) is 2.31. The zero-order chi connectivity index (χ0) is 20.2. The standard InChI is InChI=1S/C20H16N4O4S/c1-27-14-9-7-13(8-10-14)24-19(20(26)28-23-24)29-12-18(25)22-17-6-2-5-16-15(17)4-3-11-21-16/h2-11H,12H2,1H3,(H-,21,22,23,25,26). The summed E-state index contributed by atoms with van der Waals surface area (Å²) in [5, 5.41) is 19.7. The summed E-state index contributed by atoms with van der Waals surface area (Å²) in [5.74, 6) is -0.164. The molecule has 0 spiro atoms. The number of carbonyl (C=O) groups is 1. The summed E-state index contributed by atoms with van der Waals surface area (Å²) in [7, 11) is 1.57. The number of nitrogens with one attached hydrogen (secondary N) is 1. The molecule has 146 valence electrons. The molecule has 2 aromatic heterocycles. The van der Waals surface area contributed by atoms with Crippen molar-refractivity contribution in [1.29, 1.82) is 0 Å². The topological polar surface area (TPSA) is 104 Å². The van der Waals surface area contributed by atoms with Crippen molar-refractivity contribution >= 4 is 34.3 Å². The van der Waals surface area contributed by atoms with Gasteiger partial charge >= 0.3 is 0 Å². The third-order valence-electron chi connectivity index (χ3n) is 4.15. The molecule has 0 aliphatic heterocycles. The lowest BCUT2D eigenvalue weighted by molar-refractivity contribution is -0.705. The van der Waals surface area contributed by atoms with Crippen LogP contribution in [0.3, 0.4) is 0 Å². The molecule has 1 amide bonds. The van der Waals surface area contributed by atoms with Gasteiger partial charge in [-0.1, -0.05) is 6.07 Å². The van der Waals surface area contributed by atoms with E-state index >= 15 is 0 Å². The van der Waals surface area contributed by atoms with Gasteiger partial charge < -0.3 is 19.7 Å². The van der Waals surface area contributed by atoms with Crippen LogP contribution in [0.25, 0.3) is 16.6 Å². The summed E-state index contributed by atoms with van der Waals surface area (Å²) < 4.78 is 11.3. The van der Waals surface area contributed by atoms with E-state index in [1.54, 1.807) is 37.6 Å². The first-order chi connectivity index (χ1) is 14.2. The zero-order valence-electron chi connectivity index (χ0n) is 15.4. The minimum Gasteiger partial charge on any atom is -0.538 e. The van der Waals surface area contributed by atoms with Gasteiger partial charge in [-0.05, 0) is 52.8 Å². The maximum atomic E-state index is 12.5. The number of ether oxygens (including phenoxy) is 1. The van der Waals surface area contributed by atoms with Crippen molar-refractivity contribution in [1.82, 2.24) is 10.3 Å². The molecule has 0 saturated heterocycles. The lowest BCUT2D eigenvalue weighted by Gasteiger charge is -2.07. The lowest BCUT2D eigenvalue weighted by Crippen LogP contribution is -2.35. The number of hydrogen-bond donors (Lipinski definition) is 1. The van der Waals surface area contributed by atoms with Crippen LogP contribution in [0.5, 0.6) is 11.7 Å². The van der Waals surface area contributed by atoms with E-state index < -0.39 is 5.95 Å². The van der Waals surface area contributed by atoms with E-state index in [9.17, 15) is 9.90 Å². The molecule has 0 radical (unpaired) electrons. The second kappa shape index (κ2) is 8.19. The third-order valence-corrected chi connectivity index (χ3v) is 5.17. The van der Waals surface area contributed by atoms with E-state index in [2.05, 4.69) is 15.6 Å². The quantitative estimate of drug-likeness (QED) is 0.386. The van der Waals surface area contributed by atoms with Gasteiger partial charge in [-0.15, -0.1) is 0 Å². The van der Waals surface area contributed by atoms with Crippen molar-refractivity contribution in [3.8, 4) is 17.4 Å². The first-order valence-electron chi connectivity index (χ1n) is 8.65. The van der Waals surface area contributed by atoms with Crippen molar-refractivity contribution < 1.29 is 23.8 Å². The number of pyridine rings is 1. The van der Waals surface area contributed by atoms with Crippen molar-refractivity contribution in [3.63, 3.8) is 0 Å². The summed E-state index contributed by atoms with van der Waals surface area (Å²) in [5.41, 5.74) is 2.08. The molecule has 2 heterocycles. The lowest BCUT2D eigenvalue weighted by atomic mass is 10.2. The van der Waals surface area contributed by atoms with Crippen LogP contribution in [0.1, 0.15) is 0 Å². The van der Waals surface area contributed by atoms with Crippen molar-refractivity contribution in [2.45, 2.75) is 5.03 Å². The molecule has 8 nitrogen and oxygen atoms in total. The Labute approximate surface area is 170 Å². The highest BCUT2D eigenvalue weighted by molar-refractivity contribution is 7.99. The molecule has 0 bridgehead atoms. The molecule has 0 atom stereocenters. The van der Waals surface area contributed by atoms with E-state index in [1.165, 1.54) is 4.68 Å². The van der Waals surface area contributed by atoms with Gasteiger partial charge in [-0.25, -0.2) is 0 Å². The predicted molar refractivity (Wildman–Crippen MR) is 105 cm³/mol. The summed E-state index contributed by atoms with van der Waals surface area (Å²) in [4.78, 5) is 16.7. The first kappa shape index (κ1) is 18.8. The number of anilines is 1. The van der Waals surface area contributed by atoms with E-state index in [-0.39, 0.29) is 16.7 Å². The van der Waals surface area contributed by atoms with Gasteiger partial charge in [0.1, 0.15) is 5.75 Å². The van der Waals surface area contributed by atoms with Gasteiger partial charge in [-0.3, -0.25) is 9.78 Å². The van der Waals surface area contributed by atoms with Crippen molar-refractivity contribution in [2.75, 3.05) is 18.2 Å². The van der Waals surface area contributed by atoms with E-state index in [1.807, 2.05) is 30.3 Å². The second-order valence-corrected chi connectivity index (χ2v) is 6.95. The molecular weight excluding hydrogens is 392 g/mol. The van der Waals surface area contributed by atoms with E-state index in [0.717, 1.165) is 22.7 Å². The largest absolute Gasteiger partial charge is 0.538 e. The molecular formula is C20H16N4O4S. The molecule has 1 N–H and O–H groups in total. The van der Waals surface area contributed by atoms with E-state index in [4.69, 9.17) is 9.26 Å². The molecule has 0 saturated carbocycles. The highest BCUT2D eigenvalue weighted by atomic mass is 32.2. The number of rotatable bonds is 6. The minimum absolute atomic E-state index is 0.0171. The molecule has 0 unspecified atom stereocenters. The number of benzene rings is 2. The van der Waals surface area contributed by atoms with Gasteiger partial charge in [0.15, 0.2) is 5.95 Å². The van der Waals surface area contributed by atoms with Crippen molar-refractivity contribution in [3.05, 3.63) is 60.8 Å². The highest BCUT2D eigenvalue weighted by Crippen LogP contribution is 2.25. The van der Waals surface area contributed by atoms with Gasteiger partial charge in [0.05, 0.1) is 29.3 Å². The number of amides is 1. The first-order valence-corrected chi connectivity index (χ1v) is 9.64. The zero-order valence-corrected chi connectivity index (χ0v) is 16.2. The molecule has 4 aromatic rings. The fourth-order valence-electron chi connectivity index (χ4n) is 2.78. The average Bonchev–Trinajstić information content (AvgIpc) is 3.13. The van der Waals surface area contributed by atoms with Crippen LogP contribution in [0, 0.1) is 0 Å². The molecule has 4 rings (SSSR count). The Morgan fingerprint density at radius 2 is 2.03 bits per heavy atom. The van der Waals surface area contributed by atoms with Gasteiger partial charge in [-0.2, -0.15) is 0 Å². The molecule has 29 heavy (non-hydrogen) atoms. The van der Waals surface area contributed by atoms with Crippen LogP contribution in [-0.4, -0.2) is 29.0 Å². The van der Waals surface area contributed by atoms with Gasteiger partial charge in [0, 0.05) is 23.7 Å². The van der Waals surface area contributed by atoms with E-state index in [0.29, 0.717) is 17.1 Å². The third kappa shape index (κ3) is 3.99. The summed E-state index contributed by atoms with van der Waals surface area (Å²) in [6.07, 6.45) is 1.70. The summed E-state index contributed by atoms with van der Waals surface area (Å²) >= 11 is 1.05. The highest BCUT2D eigenvalue weighted by Gasteiger charge is 2.22. The minimum atomic E-state index is -0.604. The van der Waals surface area contributed by atoms with Gasteiger partial charge in [0.2, 0.25) is 11.6 Å². The average molecular weight is 408 g/mol. The Morgan fingerprint density at radius 1 is 1.21 bits per heavy atom. The Balaban J connectivity index is 1.49. The summed E-state index contributed by atoms with van der Waals surface area (Å²) in [6, 6.07) is 16.2. The Morgan fingerprint density at radius 3 is 2.83 bits per heavy atom. The number of aromatic nitrogens is 3. The number of nitrogens with zero attached hydrogens (tertiary/aromatic N) is 3. The van der Waals surface area contributed by atoms with Crippen LogP contribution < -0.4 is 19.8 Å². The number of hydrogen-bond acceptors (Lipinski definition) is 7. The molecule has 0 aliphatic rings. The maximum absolute atomic E-state index is 12.5. The molecule has 9 heteroatoms. The normalized spacial score (nSPS) is 10.8. The second-order valence-electron chi connectivity index (χ2n) is 5.99. The molecule has 0 aliphatic carbocycles. The number of thioether (sulfide) groups is 1. The Bertz CT molecular complexity index is 1160. The maximum Gasteiger partial charge on any atom is 0.298 e. The summed E-state index contributed by atoms with van der Waals surface area (Å²) in [6.45, 7) is 0.